The second kappa shape index (κ2) is 11.2. The molecule has 40 heavy (non-hydrogen) atoms. The largest absolute Gasteiger partial charge is 0.496 e. The van der Waals surface area contributed by atoms with E-state index in [4.69, 9.17) is 9.57 Å². The third-order valence-corrected chi connectivity index (χ3v) is 9.40. The van der Waals surface area contributed by atoms with Gasteiger partial charge in [-0.25, -0.2) is 8.42 Å². The van der Waals surface area contributed by atoms with Gasteiger partial charge in [0.15, 0.2) is 0 Å². The van der Waals surface area contributed by atoms with Gasteiger partial charge in [0, 0.05) is 16.9 Å². The van der Waals surface area contributed by atoms with Crippen molar-refractivity contribution in [3.63, 3.8) is 0 Å². The van der Waals surface area contributed by atoms with Gasteiger partial charge >= 0.3 is 0 Å². The number of methoxy groups -OCH3 is 1. The van der Waals surface area contributed by atoms with Crippen LogP contribution in [0.15, 0.2) is 103 Å². The number of nitrogens with zero attached hydrogens (tertiary/aromatic N) is 1. The van der Waals surface area contributed by atoms with E-state index < -0.39 is 21.5 Å². The van der Waals surface area contributed by atoms with Crippen LogP contribution in [-0.4, -0.2) is 31.7 Å². The smallest absolute Gasteiger partial charge is 0.265 e. The van der Waals surface area contributed by atoms with Gasteiger partial charge in [0.25, 0.3) is 10.0 Å². The zero-order valence-corrected chi connectivity index (χ0v) is 23.9. The van der Waals surface area contributed by atoms with Gasteiger partial charge in [0.2, 0.25) is 0 Å². The number of hydroxylamine groups is 1. The van der Waals surface area contributed by atoms with Crippen LogP contribution in [0.1, 0.15) is 45.4 Å². The van der Waals surface area contributed by atoms with Crippen molar-refractivity contribution in [3.8, 4) is 5.75 Å². The molecule has 1 unspecified atom stereocenters. The fraction of sp³-hybridized carbons (Fsp3) is 0.273. The molecule has 1 atom stereocenters. The maximum absolute atomic E-state index is 13.8. The monoisotopic (exact) mass is 557 g/mol. The van der Waals surface area contributed by atoms with Crippen molar-refractivity contribution in [1.82, 2.24) is 4.47 Å². The molecular weight excluding hydrogens is 522 g/mol. The number of sulfonamides is 1. The van der Waals surface area contributed by atoms with Crippen molar-refractivity contribution in [1.29, 1.82) is 0 Å². The van der Waals surface area contributed by atoms with Crippen LogP contribution in [0.25, 0.3) is 0 Å². The van der Waals surface area contributed by atoms with Crippen molar-refractivity contribution in [3.05, 3.63) is 131 Å². The van der Waals surface area contributed by atoms with Gasteiger partial charge < -0.3 is 9.84 Å². The molecule has 0 saturated carbocycles. The molecule has 3 aliphatic rings. The van der Waals surface area contributed by atoms with Crippen molar-refractivity contribution < 1.29 is 23.1 Å². The Morgan fingerprint density at radius 3 is 2.45 bits per heavy atom. The second-order valence-electron chi connectivity index (χ2n) is 10.5. The van der Waals surface area contributed by atoms with Crippen LogP contribution in [0.2, 0.25) is 0 Å². The lowest BCUT2D eigenvalue weighted by molar-refractivity contribution is -0.0775. The van der Waals surface area contributed by atoms with Crippen LogP contribution in [0.5, 0.6) is 5.75 Å². The summed E-state index contributed by atoms with van der Waals surface area (Å²) in [7, 11) is -2.51. The standard InChI is InChI=1S/C33H35NO5S/c1-5-18-39-34(40(36,37)27-12-10-23(2)11-13-27)22-30-29(19-24(3)20-31(30)38-4)32(35)33-16-14-25(15-17-33)28-9-7-6-8-26(28)21-33/h5-17,19-20,25,32,35H,1,18,21-22H2,2-4H3. The van der Waals surface area contributed by atoms with Crippen molar-refractivity contribution in [2.75, 3.05) is 13.7 Å². The van der Waals surface area contributed by atoms with E-state index in [1.807, 2.05) is 38.1 Å². The minimum Gasteiger partial charge on any atom is -0.496 e. The van der Waals surface area contributed by atoms with Gasteiger partial charge in [-0.3, -0.25) is 4.84 Å². The molecular formula is C33H35NO5S. The molecule has 0 amide bonds. The first-order valence-electron chi connectivity index (χ1n) is 13.3. The van der Waals surface area contributed by atoms with Crippen molar-refractivity contribution >= 4 is 10.0 Å². The molecule has 3 aromatic rings. The zero-order valence-electron chi connectivity index (χ0n) is 23.1. The van der Waals surface area contributed by atoms with E-state index in [0.29, 0.717) is 23.3 Å². The highest BCUT2D eigenvalue weighted by Gasteiger charge is 2.41. The molecule has 0 saturated heterocycles. The van der Waals surface area contributed by atoms with Gasteiger partial charge in [0.1, 0.15) is 5.75 Å². The number of aryl methyl sites for hydroxylation is 2. The molecule has 208 valence electrons. The Morgan fingerprint density at radius 1 is 1.07 bits per heavy atom. The quantitative estimate of drug-likeness (QED) is 0.241. The SMILES string of the molecule is C=CCON(Cc1c(OC)cc(C)cc1C(O)C12C=CC(C=C1)c1ccccc1C2)S(=O)(=O)c1ccc(C)cc1. The minimum absolute atomic E-state index is 0.00919. The Morgan fingerprint density at radius 2 is 1.77 bits per heavy atom. The molecule has 2 bridgehead atoms. The Hall–Kier alpha value is -3.49. The van der Waals surface area contributed by atoms with E-state index >= 15 is 0 Å². The average molecular weight is 558 g/mol. The fourth-order valence-corrected chi connectivity index (χ4v) is 6.84. The lowest BCUT2D eigenvalue weighted by Gasteiger charge is -2.35. The maximum atomic E-state index is 13.8. The van der Waals surface area contributed by atoms with E-state index in [1.54, 1.807) is 31.4 Å². The Labute approximate surface area is 236 Å². The first-order chi connectivity index (χ1) is 19.2. The highest BCUT2D eigenvalue weighted by atomic mass is 32.2. The molecule has 0 fully saturated rings. The molecule has 3 aromatic carbocycles. The van der Waals surface area contributed by atoms with Crippen LogP contribution in [0, 0.1) is 19.3 Å². The maximum Gasteiger partial charge on any atom is 0.265 e. The van der Waals surface area contributed by atoms with Crippen LogP contribution >= 0.6 is 0 Å². The topological polar surface area (TPSA) is 76.1 Å². The van der Waals surface area contributed by atoms with E-state index in [1.165, 1.54) is 17.2 Å². The van der Waals surface area contributed by atoms with E-state index in [-0.39, 0.29) is 24.0 Å². The molecule has 6 nitrogen and oxygen atoms in total. The van der Waals surface area contributed by atoms with E-state index in [2.05, 4.69) is 43.0 Å². The number of aliphatic hydroxyl groups is 1. The summed E-state index contributed by atoms with van der Waals surface area (Å²) in [5, 5.41) is 12.2. The second-order valence-corrected chi connectivity index (χ2v) is 12.4. The van der Waals surface area contributed by atoms with Crippen LogP contribution in [0.3, 0.4) is 0 Å². The molecule has 6 rings (SSSR count). The van der Waals surface area contributed by atoms with Gasteiger partial charge in [0.05, 0.1) is 31.3 Å². The summed E-state index contributed by atoms with van der Waals surface area (Å²) in [4.78, 5) is 5.85. The molecule has 7 heteroatoms. The number of ether oxygens (including phenoxy) is 1. The van der Waals surface area contributed by atoms with Gasteiger partial charge in [-0.1, -0.05) is 82.9 Å². The van der Waals surface area contributed by atoms with Crippen LogP contribution in [0.4, 0.5) is 0 Å². The van der Waals surface area contributed by atoms with Gasteiger partial charge in [-0.15, -0.1) is 6.58 Å². The summed E-state index contributed by atoms with van der Waals surface area (Å²) in [6.07, 6.45) is 9.61. The molecule has 0 radical (unpaired) electrons. The summed E-state index contributed by atoms with van der Waals surface area (Å²) in [6.45, 7) is 7.34. The first kappa shape index (κ1) is 28.1. The molecule has 0 spiro atoms. The predicted molar refractivity (Wildman–Crippen MR) is 156 cm³/mol. The Kier molecular flexibility index (Phi) is 7.84. The highest BCUT2D eigenvalue weighted by Crippen LogP contribution is 2.49. The molecule has 0 aliphatic heterocycles. The lowest BCUT2D eigenvalue weighted by atomic mass is 9.72. The average Bonchev–Trinajstić information content (AvgIpc) is 3.22. The summed E-state index contributed by atoms with van der Waals surface area (Å²) in [5.41, 5.74) is 4.67. The minimum atomic E-state index is -4.05. The third-order valence-electron chi connectivity index (χ3n) is 7.76. The van der Waals surface area contributed by atoms with E-state index in [9.17, 15) is 13.5 Å². The molecule has 0 aromatic heterocycles. The van der Waals surface area contributed by atoms with Gasteiger partial charge in [-0.2, -0.15) is 0 Å². The van der Waals surface area contributed by atoms with Crippen molar-refractivity contribution in [2.45, 2.75) is 43.7 Å². The Balaban J connectivity index is 1.60. The molecule has 0 heterocycles. The summed E-state index contributed by atoms with van der Waals surface area (Å²) < 4.78 is 34.2. The number of allylic oxidation sites excluding steroid dienone is 2. The number of hydrogen-bond acceptors (Lipinski definition) is 5. The third kappa shape index (κ3) is 5.18. The lowest BCUT2D eigenvalue weighted by Crippen LogP contribution is -2.33. The number of benzene rings is 3. The molecule has 3 aliphatic carbocycles. The molecule has 1 N–H and O–H groups in total. The predicted octanol–water partition coefficient (Wildman–Crippen LogP) is 6.11. The summed E-state index contributed by atoms with van der Waals surface area (Å²) in [5.74, 6) is 0.639. The summed E-state index contributed by atoms with van der Waals surface area (Å²) >= 11 is 0. The number of rotatable bonds is 10. The van der Waals surface area contributed by atoms with Crippen LogP contribution < -0.4 is 4.74 Å². The first-order valence-corrected chi connectivity index (χ1v) is 14.8. The number of aliphatic hydroxyl groups excluding tert-OH is 1. The Bertz CT molecular complexity index is 1560. The normalized spacial score (nSPS) is 20.3. The zero-order chi connectivity index (χ0) is 28.5. The summed E-state index contributed by atoms with van der Waals surface area (Å²) in [6, 6.07) is 18.7. The van der Waals surface area contributed by atoms with Gasteiger partial charge in [-0.05, 0) is 60.7 Å². The highest BCUT2D eigenvalue weighted by molar-refractivity contribution is 7.89. The number of hydrogen-bond donors (Lipinski definition) is 1. The van der Waals surface area contributed by atoms with Crippen LogP contribution in [-0.2, 0) is 27.8 Å². The fourth-order valence-electron chi connectivity index (χ4n) is 5.63. The van der Waals surface area contributed by atoms with Crippen molar-refractivity contribution in [2.24, 2.45) is 5.41 Å². The van der Waals surface area contributed by atoms with E-state index in [0.717, 1.165) is 15.6 Å².